The topological polar surface area (TPSA) is 61.0 Å². The predicted octanol–water partition coefficient (Wildman–Crippen LogP) is 3.85. The number of para-hydroxylation sites is 1. The Hall–Kier alpha value is -1.86. The third-order valence-electron chi connectivity index (χ3n) is 2.75. The van der Waals surface area contributed by atoms with Crippen LogP contribution >= 0.6 is 23.1 Å². The van der Waals surface area contributed by atoms with Crippen LogP contribution in [0.4, 0.5) is 0 Å². The third kappa shape index (κ3) is 4.32. The van der Waals surface area contributed by atoms with Crippen molar-refractivity contribution < 1.29 is 9.15 Å². The minimum atomic E-state index is 0.502. The summed E-state index contributed by atoms with van der Waals surface area (Å²) in [6, 6.07) is 9.76. The first-order valence-corrected chi connectivity index (χ1v) is 8.81. The normalized spacial score (nSPS) is 10.8. The molecule has 0 fully saturated rings. The Balaban J connectivity index is 1.45. The van der Waals surface area contributed by atoms with Gasteiger partial charge < -0.3 is 9.15 Å². The van der Waals surface area contributed by atoms with E-state index in [9.17, 15) is 0 Å². The van der Waals surface area contributed by atoms with Gasteiger partial charge in [-0.25, -0.2) is 4.98 Å². The molecule has 2 aromatic heterocycles. The number of aryl methyl sites for hydroxylation is 1. The van der Waals surface area contributed by atoms with Crippen molar-refractivity contribution in [1.29, 1.82) is 0 Å². The molecule has 7 heteroatoms. The van der Waals surface area contributed by atoms with E-state index in [0.29, 0.717) is 24.1 Å². The van der Waals surface area contributed by atoms with Crippen LogP contribution in [-0.2, 0) is 18.1 Å². The molecule has 22 heavy (non-hydrogen) atoms. The Bertz CT molecular complexity index is 712. The monoisotopic (exact) mass is 333 g/mol. The Morgan fingerprint density at radius 2 is 2.05 bits per heavy atom. The summed E-state index contributed by atoms with van der Waals surface area (Å²) >= 11 is 3.33. The molecule has 0 N–H and O–H groups in total. The molecule has 2 heterocycles. The minimum Gasteiger partial charge on any atom is -0.486 e. The molecule has 0 atom stereocenters. The molecule has 0 amide bonds. The first kappa shape index (κ1) is 15.1. The van der Waals surface area contributed by atoms with Crippen molar-refractivity contribution in [3.63, 3.8) is 0 Å². The number of benzene rings is 1. The van der Waals surface area contributed by atoms with Crippen LogP contribution in [-0.4, -0.2) is 15.2 Å². The lowest BCUT2D eigenvalue weighted by atomic mass is 10.3. The van der Waals surface area contributed by atoms with Crippen molar-refractivity contribution in [2.24, 2.45) is 0 Å². The van der Waals surface area contributed by atoms with Gasteiger partial charge in [-0.1, -0.05) is 18.2 Å². The highest BCUT2D eigenvalue weighted by Gasteiger charge is 2.06. The number of rotatable bonds is 7. The lowest BCUT2D eigenvalue weighted by Crippen LogP contribution is -1.95. The maximum Gasteiger partial charge on any atom is 0.226 e. The van der Waals surface area contributed by atoms with Crippen LogP contribution in [0.1, 0.15) is 22.5 Å². The van der Waals surface area contributed by atoms with Crippen LogP contribution in [0.15, 0.2) is 40.1 Å². The van der Waals surface area contributed by atoms with Crippen molar-refractivity contribution in [3.05, 3.63) is 58.2 Å². The highest BCUT2D eigenvalue weighted by Crippen LogP contribution is 2.20. The van der Waals surface area contributed by atoms with E-state index in [1.165, 1.54) is 0 Å². The molecule has 114 valence electrons. The van der Waals surface area contributed by atoms with Gasteiger partial charge in [-0.05, 0) is 12.1 Å². The van der Waals surface area contributed by atoms with Gasteiger partial charge in [0.15, 0.2) is 0 Å². The van der Waals surface area contributed by atoms with Gasteiger partial charge >= 0.3 is 0 Å². The van der Waals surface area contributed by atoms with E-state index in [1.807, 2.05) is 30.3 Å². The number of ether oxygens (including phenoxy) is 1. The summed E-state index contributed by atoms with van der Waals surface area (Å²) in [5.41, 5.74) is 1.05. The molecule has 0 bridgehead atoms. The van der Waals surface area contributed by atoms with Crippen molar-refractivity contribution in [2.75, 3.05) is 0 Å². The summed E-state index contributed by atoms with van der Waals surface area (Å²) in [6.45, 7) is 2.29. The maximum absolute atomic E-state index is 5.69. The molecule has 0 unspecified atom stereocenters. The maximum atomic E-state index is 5.69. The molecule has 0 aliphatic carbocycles. The van der Waals surface area contributed by atoms with Gasteiger partial charge in [-0.3, -0.25) is 0 Å². The number of hydrogen-bond donors (Lipinski definition) is 0. The quantitative estimate of drug-likeness (QED) is 0.654. The van der Waals surface area contributed by atoms with Gasteiger partial charge in [0, 0.05) is 18.1 Å². The first-order chi connectivity index (χ1) is 10.8. The molecular weight excluding hydrogens is 318 g/mol. The van der Waals surface area contributed by atoms with Gasteiger partial charge in [0.2, 0.25) is 11.8 Å². The third-order valence-corrected chi connectivity index (χ3v) is 4.57. The minimum absolute atomic E-state index is 0.502. The second kappa shape index (κ2) is 7.42. The van der Waals surface area contributed by atoms with E-state index in [-0.39, 0.29) is 0 Å². The number of aromatic nitrogens is 3. The average Bonchev–Trinajstić information content (AvgIpc) is 3.16. The fourth-order valence-corrected chi connectivity index (χ4v) is 3.34. The largest absolute Gasteiger partial charge is 0.486 e. The zero-order chi connectivity index (χ0) is 15.2. The standard InChI is InChI=1S/C15H15N3O2S2/c1-11-17-18-14(20-11)10-21-8-12-9-22-15(16-12)7-19-13-5-3-2-4-6-13/h2-6,9H,7-8,10H2,1H3. The number of thioether (sulfide) groups is 1. The Morgan fingerprint density at radius 1 is 1.18 bits per heavy atom. The second-order valence-corrected chi connectivity index (χ2v) is 6.47. The second-order valence-electron chi connectivity index (χ2n) is 4.54. The molecule has 5 nitrogen and oxygen atoms in total. The van der Waals surface area contributed by atoms with E-state index >= 15 is 0 Å². The van der Waals surface area contributed by atoms with Crippen molar-refractivity contribution in [3.8, 4) is 5.75 Å². The summed E-state index contributed by atoms with van der Waals surface area (Å²) in [5, 5.41) is 10.8. The SMILES string of the molecule is Cc1nnc(CSCc2csc(COc3ccccc3)n2)o1. The van der Waals surface area contributed by atoms with Gasteiger partial charge in [-0.2, -0.15) is 0 Å². The van der Waals surface area contributed by atoms with Gasteiger partial charge in [0.1, 0.15) is 17.4 Å². The Labute approximate surface area is 136 Å². The molecule has 0 saturated carbocycles. The molecule has 0 saturated heterocycles. The molecule has 0 spiro atoms. The zero-order valence-corrected chi connectivity index (χ0v) is 13.7. The van der Waals surface area contributed by atoms with Gasteiger partial charge in [0.05, 0.1) is 11.4 Å². The van der Waals surface area contributed by atoms with Crippen molar-refractivity contribution in [2.45, 2.75) is 25.0 Å². The lowest BCUT2D eigenvalue weighted by molar-refractivity contribution is 0.305. The van der Waals surface area contributed by atoms with Crippen LogP contribution in [0, 0.1) is 6.92 Å². The first-order valence-electron chi connectivity index (χ1n) is 6.77. The van der Waals surface area contributed by atoms with Gasteiger partial charge in [-0.15, -0.1) is 33.3 Å². The fraction of sp³-hybridized carbons (Fsp3) is 0.267. The van der Waals surface area contributed by atoms with Crippen LogP contribution in [0.5, 0.6) is 5.75 Å². The van der Waals surface area contributed by atoms with Crippen molar-refractivity contribution >= 4 is 23.1 Å². The molecule has 3 aromatic rings. The molecule has 3 rings (SSSR count). The summed E-state index contributed by atoms with van der Waals surface area (Å²) in [7, 11) is 0. The smallest absolute Gasteiger partial charge is 0.226 e. The highest BCUT2D eigenvalue weighted by molar-refractivity contribution is 7.97. The molecule has 1 aromatic carbocycles. The average molecular weight is 333 g/mol. The van der Waals surface area contributed by atoms with E-state index < -0.39 is 0 Å². The fourth-order valence-electron chi connectivity index (χ4n) is 1.78. The summed E-state index contributed by atoms with van der Waals surface area (Å²) < 4.78 is 11.0. The van der Waals surface area contributed by atoms with Gasteiger partial charge in [0.25, 0.3) is 0 Å². The van der Waals surface area contributed by atoms with E-state index in [0.717, 1.165) is 22.2 Å². The summed E-state index contributed by atoms with van der Waals surface area (Å²) in [6.07, 6.45) is 0. The molecule has 0 aliphatic heterocycles. The molecule has 0 radical (unpaired) electrons. The van der Waals surface area contributed by atoms with Crippen molar-refractivity contribution in [1.82, 2.24) is 15.2 Å². The summed E-state index contributed by atoms with van der Waals surface area (Å²) in [4.78, 5) is 4.57. The molecular formula is C15H15N3O2S2. The highest BCUT2D eigenvalue weighted by atomic mass is 32.2. The van der Waals surface area contributed by atoms with Crippen LogP contribution in [0.25, 0.3) is 0 Å². The zero-order valence-electron chi connectivity index (χ0n) is 12.1. The predicted molar refractivity (Wildman–Crippen MR) is 86.9 cm³/mol. The van der Waals surface area contributed by atoms with E-state index in [4.69, 9.17) is 9.15 Å². The number of hydrogen-bond acceptors (Lipinski definition) is 7. The lowest BCUT2D eigenvalue weighted by Gasteiger charge is -2.02. The van der Waals surface area contributed by atoms with Crippen LogP contribution in [0.2, 0.25) is 0 Å². The molecule has 0 aliphatic rings. The summed E-state index contributed by atoms with van der Waals surface area (Å²) in [5.74, 6) is 3.65. The number of thiazole rings is 1. The van der Waals surface area contributed by atoms with E-state index in [2.05, 4.69) is 20.6 Å². The Morgan fingerprint density at radius 3 is 2.82 bits per heavy atom. The van der Waals surface area contributed by atoms with Crippen LogP contribution in [0.3, 0.4) is 0 Å². The van der Waals surface area contributed by atoms with Crippen LogP contribution < -0.4 is 4.74 Å². The Kier molecular flexibility index (Phi) is 5.07. The number of nitrogens with zero attached hydrogens (tertiary/aromatic N) is 3. The van der Waals surface area contributed by atoms with E-state index in [1.54, 1.807) is 30.0 Å².